The molecule has 0 saturated heterocycles. The number of ether oxygens (including phenoxy) is 1. The number of benzene rings is 2. The van der Waals surface area contributed by atoms with Crippen molar-refractivity contribution in [3.63, 3.8) is 0 Å². The Labute approximate surface area is 112 Å². The van der Waals surface area contributed by atoms with Gasteiger partial charge < -0.3 is 4.74 Å². The zero-order chi connectivity index (χ0) is 14.9. The Kier molecular flexibility index (Phi) is 3.97. The molecule has 0 saturated carbocycles. The van der Waals surface area contributed by atoms with Gasteiger partial charge in [-0.25, -0.2) is 22.0 Å². The van der Waals surface area contributed by atoms with Crippen LogP contribution in [0.3, 0.4) is 0 Å². The first kappa shape index (κ1) is 14.4. The van der Waals surface area contributed by atoms with Gasteiger partial charge in [-0.2, -0.15) is 0 Å². The predicted octanol–water partition coefficient (Wildman–Crippen LogP) is 2.05. The molecule has 2 aromatic rings. The molecule has 1 nitrogen and oxygen atoms in total. The minimum Gasteiger partial charge on any atom is -0.497 e. The van der Waals surface area contributed by atoms with E-state index in [1.54, 1.807) is 0 Å². The number of hydrogen-bond acceptors (Lipinski definition) is 1. The van der Waals surface area contributed by atoms with Crippen LogP contribution in [0.4, 0.5) is 22.0 Å². The second-order valence-corrected chi connectivity index (χ2v) is 3.94. The highest BCUT2D eigenvalue weighted by molar-refractivity contribution is 6.68. The summed E-state index contributed by atoms with van der Waals surface area (Å²) in [6.07, 6.45) is 0. The van der Waals surface area contributed by atoms with Crippen LogP contribution < -0.4 is 15.7 Å². The van der Waals surface area contributed by atoms with Crippen molar-refractivity contribution in [3.05, 3.63) is 53.4 Å². The standard InChI is InChI=1S/C13H7BF5O/c1-20-11-5-7(16)3-9(17)12(11)14-8-2-6(15)4-10(18)13(8)19/h2-5H,1H3. The van der Waals surface area contributed by atoms with Crippen LogP contribution in [0.5, 0.6) is 5.75 Å². The zero-order valence-electron chi connectivity index (χ0n) is 10.2. The van der Waals surface area contributed by atoms with Crippen LogP contribution in [-0.2, 0) is 0 Å². The lowest BCUT2D eigenvalue weighted by molar-refractivity contribution is 0.411. The molecule has 1 radical (unpaired) electrons. The predicted molar refractivity (Wildman–Crippen MR) is 64.2 cm³/mol. The number of methoxy groups -OCH3 is 1. The summed E-state index contributed by atoms with van der Waals surface area (Å²) in [6.45, 7) is 0. The summed E-state index contributed by atoms with van der Waals surface area (Å²) in [5, 5.41) is 0. The Morgan fingerprint density at radius 1 is 0.850 bits per heavy atom. The van der Waals surface area contributed by atoms with Crippen LogP contribution in [-0.4, -0.2) is 14.4 Å². The maximum absolute atomic E-state index is 13.7. The number of rotatable bonds is 3. The van der Waals surface area contributed by atoms with Crippen molar-refractivity contribution < 1.29 is 26.7 Å². The largest absolute Gasteiger partial charge is 0.497 e. The van der Waals surface area contributed by atoms with E-state index in [0.717, 1.165) is 20.5 Å². The van der Waals surface area contributed by atoms with Gasteiger partial charge in [-0.15, -0.1) is 0 Å². The smallest absolute Gasteiger partial charge is 0.204 e. The minimum absolute atomic E-state index is 0.216. The van der Waals surface area contributed by atoms with E-state index in [1.807, 2.05) is 0 Å². The summed E-state index contributed by atoms with van der Waals surface area (Å²) in [5.74, 6) is -5.90. The molecule has 0 aromatic heterocycles. The molecule has 0 aliphatic heterocycles. The summed E-state index contributed by atoms with van der Waals surface area (Å²) in [4.78, 5) is 0. The monoisotopic (exact) mass is 285 g/mol. The molecule has 0 atom stereocenters. The maximum atomic E-state index is 13.7. The van der Waals surface area contributed by atoms with E-state index >= 15 is 0 Å². The molecule has 7 heteroatoms. The fourth-order valence-corrected chi connectivity index (χ4v) is 1.71. The first-order chi connectivity index (χ1) is 9.42. The van der Waals surface area contributed by atoms with Crippen LogP contribution in [0.25, 0.3) is 0 Å². The molecular weight excluding hydrogens is 278 g/mol. The van der Waals surface area contributed by atoms with Gasteiger partial charge in [0.05, 0.1) is 7.11 Å². The third-order valence-electron chi connectivity index (χ3n) is 2.60. The zero-order valence-corrected chi connectivity index (χ0v) is 10.2. The van der Waals surface area contributed by atoms with E-state index in [1.165, 1.54) is 0 Å². The summed E-state index contributed by atoms with van der Waals surface area (Å²) < 4.78 is 71.0. The van der Waals surface area contributed by atoms with E-state index < -0.39 is 34.5 Å². The quantitative estimate of drug-likeness (QED) is 0.476. The molecule has 0 bridgehead atoms. The molecule has 0 N–H and O–H groups in total. The number of hydrogen-bond donors (Lipinski definition) is 0. The molecule has 2 aromatic carbocycles. The molecular formula is C13H7BF5O. The van der Waals surface area contributed by atoms with Crippen molar-refractivity contribution in [1.82, 2.24) is 0 Å². The molecule has 0 aliphatic carbocycles. The molecule has 0 spiro atoms. The molecule has 0 unspecified atom stereocenters. The normalized spacial score (nSPS) is 10.5. The van der Waals surface area contributed by atoms with E-state index in [9.17, 15) is 22.0 Å². The third kappa shape index (κ3) is 2.76. The second-order valence-electron chi connectivity index (χ2n) is 3.94. The maximum Gasteiger partial charge on any atom is 0.204 e. The second kappa shape index (κ2) is 5.52. The van der Waals surface area contributed by atoms with Gasteiger partial charge in [0, 0.05) is 18.2 Å². The first-order valence-electron chi connectivity index (χ1n) is 5.44. The minimum atomic E-state index is -1.40. The Bertz CT molecular complexity index is 660. The van der Waals surface area contributed by atoms with Crippen molar-refractivity contribution in [1.29, 1.82) is 0 Å². The molecule has 0 amide bonds. The van der Waals surface area contributed by atoms with E-state index in [2.05, 4.69) is 0 Å². The van der Waals surface area contributed by atoms with Crippen molar-refractivity contribution in [2.75, 3.05) is 7.11 Å². The summed E-state index contributed by atoms with van der Waals surface area (Å²) in [5.41, 5.74) is -0.816. The Hall–Kier alpha value is -2.05. The van der Waals surface area contributed by atoms with Crippen LogP contribution in [0.2, 0.25) is 0 Å². The first-order valence-corrected chi connectivity index (χ1v) is 5.44. The van der Waals surface area contributed by atoms with E-state index in [-0.39, 0.29) is 11.2 Å². The molecule has 0 aliphatic rings. The Morgan fingerprint density at radius 2 is 1.45 bits per heavy atom. The number of halogens is 5. The van der Waals surface area contributed by atoms with Crippen LogP contribution in [0, 0.1) is 29.1 Å². The van der Waals surface area contributed by atoms with Crippen LogP contribution >= 0.6 is 0 Å². The van der Waals surface area contributed by atoms with Gasteiger partial charge in [-0.3, -0.25) is 0 Å². The summed E-state index contributed by atoms with van der Waals surface area (Å²) in [7, 11) is 2.00. The Morgan fingerprint density at radius 3 is 2.10 bits per heavy atom. The van der Waals surface area contributed by atoms with E-state index in [0.29, 0.717) is 18.2 Å². The fraction of sp³-hybridized carbons (Fsp3) is 0.0769. The molecule has 20 heavy (non-hydrogen) atoms. The van der Waals surface area contributed by atoms with Gasteiger partial charge in [-0.1, -0.05) is 0 Å². The summed E-state index contributed by atoms with van der Waals surface area (Å²) in [6, 6.07) is 2.50. The Balaban J connectivity index is 2.50. The van der Waals surface area contributed by atoms with Crippen molar-refractivity contribution >= 4 is 18.2 Å². The van der Waals surface area contributed by atoms with Crippen molar-refractivity contribution in [2.24, 2.45) is 0 Å². The van der Waals surface area contributed by atoms with Crippen LogP contribution in [0.1, 0.15) is 0 Å². The lowest BCUT2D eigenvalue weighted by atomic mass is 9.63. The molecule has 0 fully saturated rings. The third-order valence-corrected chi connectivity index (χ3v) is 2.60. The van der Waals surface area contributed by atoms with Crippen LogP contribution in [0.15, 0.2) is 24.3 Å². The average molecular weight is 285 g/mol. The highest BCUT2D eigenvalue weighted by atomic mass is 19.2. The average Bonchev–Trinajstić information content (AvgIpc) is 2.37. The summed E-state index contributed by atoms with van der Waals surface area (Å²) >= 11 is 0. The highest BCUT2D eigenvalue weighted by Crippen LogP contribution is 2.13. The lowest BCUT2D eigenvalue weighted by Gasteiger charge is -2.10. The topological polar surface area (TPSA) is 9.23 Å². The van der Waals surface area contributed by atoms with Gasteiger partial charge in [-0.05, 0) is 17.0 Å². The fourth-order valence-electron chi connectivity index (χ4n) is 1.71. The van der Waals surface area contributed by atoms with Gasteiger partial charge in [0.1, 0.15) is 23.2 Å². The van der Waals surface area contributed by atoms with Crippen molar-refractivity contribution in [3.8, 4) is 5.75 Å². The van der Waals surface area contributed by atoms with Gasteiger partial charge in [0.15, 0.2) is 11.6 Å². The molecule has 0 heterocycles. The lowest BCUT2D eigenvalue weighted by Crippen LogP contribution is -2.34. The molecule has 2 rings (SSSR count). The molecule has 103 valence electrons. The van der Waals surface area contributed by atoms with Gasteiger partial charge in [0.2, 0.25) is 7.28 Å². The van der Waals surface area contributed by atoms with E-state index in [4.69, 9.17) is 4.74 Å². The SMILES string of the molecule is COc1cc(F)cc(F)c1[B]c1cc(F)cc(F)c1F. The van der Waals surface area contributed by atoms with Gasteiger partial charge in [0.25, 0.3) is 0 Å². The highest BCUT2D eigenvalue weighted by Gasteiger charge is 2.18. The van der Waals surface area contributed by atoms with Crippen molar-refractivity contribution in [2.45, 2.75) is 0 Å². The van der Waals surface area contributed by atoms with Gasteiger partial charge >= 0.3 is 0 Å².